The van der Waals surface area contributed by atoms with Gasteiger partial charge in [-0.25, -0.2) is 0 Å². The van der Waals surface area contributed by atoms with E-state index in [4.69, 9.17) is 20.4 Å². The summed E-state index contributed by atoms with van der Waals surface area (Å²) in [6, 6.07) is 7.87. The molecule has 2 heterocycles. The Morgan fingerprint density at radius 2 is 2.04 bits per heavy atom. The average molecular weight is 346 g/mol. The average Bonchev–Trinajstić information content (AvgIpc) is 3.14. The molecule has 122 valence electrons. The van der Waals surface area contributed by atoms with Gasteiger partial charge in [0.05, 0.1) is 10.5 Å². The summed E-state index contributed by atoms with van der Waals surface area (Å²) < 4.78 is 11.0. The predicted molar refractivity (Wildman–Crippen MR) is 88.3 cm³/mol. The summed E-state index contributed by atoms with van der Waals surface area (Å²) in [5, 5.41) is 18.9. The normalized spacial score (nSPS) is 11.7. The number of rotatable bonds is 4. The smallest absolute Gasteiger partial charge is 0.270 e. The zero-order valence-electron chi connectivity index (χ0n) is 12.8. The lowest BCUT2D eigenvalue weighted by molar-refractivity contribution is -0.384. The van der Waals surface area contributed by atoms with Crippen LogP contribution in [0.2, 0.25) is 0 Å². The summed E-state index contributed by atoms with van der Waals surface area (Å²) in [6.07, 6.45) is 1.53. The second-order valence-corrected chi connectivity index (χ2v) is 5.49. The molecule has 0 saturated carbocycles. The van der Waals surface area contributed by atoms with Gasteiger partial charge in [0.1, 0.15) is 16.6 Å². The number of benzene rings is 1. The largest absolute Gasteiger partial charge is 0.466 e. The van der Waals surface area contributed by atoms with Gasteiger partial charge in [-0.05, 0) is 31.6 Å². The Labute approximate surface area is 141 Å². The summed E-state index contributed by atoms with van der Waals surface area (Å²) in [7, 11) is 0. The van der Waals surface area contributed by atoms with Crippen molar-refractivity contribution < 1.29 is 13.8 Å². The van der Waals surface area contributed by atoms with Crippen LogP contribution in [-0.2, 0) is 0 Å². The van der Waals surface area contributed by atoms with Crippen LogP contribution in [0.5, 0.6) is 0 Å². The lowest BCUT2D eigenvalue weighted by Gasteiger charge is -1.96. The maximum atomic E-state index is 10.8. The van der Waals surface area contributed by atoms with E-state index in [-0.39, 0.29) is 16.6 Å². The van der Waals surface area contributed by atoms with Crippen LogP contribution in [0.1, 0.15) is 23.0 Å². The summed E-state index contributed by atoms with van der Waals surface area (Å²) in [6.45, 7) is 3.62. The van der Waals surface area contributed by atoms with Crippen LogP contribution in [0, 0.1) is 24.0 Å². The predicted octanol–water partition coefficient (Wildman–Crippen LogP) is 4.59. The van der Waals surface area contributed by atoms with Gasteiger partial charge in [0.2, 0.25) is 0 Å². The van der Waals surface area contributed by atoms with E-state index in [1.807, 2.05) is 6.92 Å². The molecular formula is C16H12ClN3O4. The summed E-state index contributed by atoms with van der Waals surface area (Å²) in [5.41, 5.74) is 1.24. The van der Waals surface area contributed by atoms with E-state index in [0.29, 0.717) is 22.8 Å². The first-order chi connectivity index (χ1) is 11.4. The van der Waals surface area contributed by atoms with Crippen molar-refractivity contribution >= 4 is 28.4 Å². The van der Waals surface area contributed by atoms with Crippen LogP contribution in [0.25, 0.3) is 22.6 Å². The molecule has 0 atom stereocenters. The van der Waals surface area contributed by atoms with Crippen molar-refractivity contribution in [2.75, 3.05) is 0 Å². The first kappa shape index (κ1) is 15.9. The third kappa shape index (κ3) is 3.21. The van der Waals surface area contributed by atoms with Crippen LogP contribution in [0.15, 0.2) is 39.2 Å². The molecule has 0 bridgehead atoms. The highest BCUT2D eigenvalue weighted by atomic mass is 35.5. The molecule has 0 aliphatic carbocycles. The Balaban J connectivity index is 1.91. The standard InChI is InChI=1S/C16H12ClN3O4/c1-9-6-13(10(2)23-9)15-18-19-16(24-15)14(17)8-11-4-3-5-12(7-11)20(21)22/h3-8H,1-2H3/b14-8-. The third-order valence-electron chi connectivity index (χ3n) is 3.28. The van der Waals surface area contributed by atoms with E-state index in [9.17, 15) is 10.1 Å². The fourth-order valence-electron chi connectivity index (χ4n) is 2.21. The number of hydrogen-bond acceptors (Lipinski definition) is 6. The number of aryl methyl sites for hydroxylation is 2. The SMILES string of the molecule is Cc1cc(-c2nnc(/C(Cl)=C/c3cccc([N+](=O)[O-])c3)o2)c(C)o1. The minimum Gasteiger partial charge on any atom is -0.466 e. The molecule has 0 unspecified atom stereocenters. The van der Waals surface area contributed by atoms with Gasteiger partial charge in [0.25, 0.3) is 17.5 Å². The summed E-state index contributed by atoms with van der Waals surface area (Å²) in [5.74, 6) is 1.82. The highest BCUT2D eigenvalue weighted by Gasteiger charge is 2.16. The van der Waals surface area contributed by atoms with Crippen LogP contribution in [-0.4, -0.2) is 15.1 Å². The van der Waals surface area contributed by atoms with Crippen molar-refractivity contribution in [1.82, 2.24) is 10.2 Å². The van der Waals surface area contributed by atoms with Crippen molar-refractivity contribution in [3.8, 4) is 11.5 Å². The molecule has 24 heavy (non-hydrogen) atoms. The lowest BCUT2D eigenvalue weighted by atomic mass is 10.2. The molecule has 0 saturated heterocycles. The first-order valence-corrected chi connectivity index (χ1v) is 7.35. The molecule has 1 aromatic carbocycles. The summed E-state index contributed by atoms with van der Waals surface area (Å²) >= 11 is 6.19. The number of non-ortho nitro benzene ring substituents is 1. The van der Waals surface area contributed by atoms with E-state index >= 15 is 0 Å². The van der Waals surface area contributed by atoms with Crippen molar-refractivity contribution in [1.29, 1.82) is 0 Å². The number of nitro groups is 1. The lowest BCUT2D eigenvalue weighted by Crippen LogP contribution is -1.87. The number of furan rings is 1. The molecule has 0 N–H and O–H groups in total. The van der Waals surface area contributed by atoms with Gasteiger partial charge in [-0.3, -0.25) is 10.1 Å². The number of nitro benzene ring substituents is 1. The molecule has 3 rings (SSSR count). The van der Waals surface area contributed by atoms with Crippen molar-refractivity contribution in [2.24, 2.45) is 0 Å². The second kappa shape index (κ2) is 6.29. The molecule has 0 amide bonds. The molecule has 0 fully saturated rings. The monoisotopic (exact) mass is 345 g/mol. The van der Waals surface area contributed by atoms with Crippen LogP contribution in [0.3, 0.4) is 0 Å². The van der Waals surface area contributed by atoms with Gasteiger partial charge in [-0.1, -0.05) is 23.7 Å². The van der Waals surface area contributed by atoms with Crippen molar-refractivity contribution in [2.45, 2.75) is 13.8 Å². The first-order valence-electron chi connectivity index (χ1n) is 6.97. The van der Waals surface area contributed by atoms with Gasteiger partial charge >= 0.3 is 0 Å². The number of hydrogen-bond donors (Lipinski definition) is 0. The molecule has 2 aromatic heterocycles. The Morgan fingerprint density at radius 1 is 1.25 bits per heavy atom. The molecule has 8 heteroatoms. The number of nitrogens with zero attached hydrogens (tertiary/aromatic N) is 3. The van der Waals surface area contributed by atoms with Crippen LogP contribution in [0.4, 0.5) is 5.69 Å². The molecule has 3 aromatic rings. The van der Waals surface area contributed by atoms with Gasteiger partial charge in [0, 0.05) is 12.1 Å². The quantitative estimate of drug-likeness (QED) is 0.506. The van der Waals surface area contributed by atoms with Crippen molar-refractivity contribution in [3.63, 3.8) is 0 Å². The van der Waals surface area contributed by atoms with Crippen molar-refractivity contribution in [3.05, 3.63) is 63.4 Å². The topological polar surface area (TPSA) is 95.2 Å². The number of halogens is 1. The Morgan fingerprint density at radius 3 is 2.71 bits per heavy atom. The number of aromatic nitrogens is 2. The maximum Gasteiger partial charge on any atom is 0.270 e. The van der Waals surface area contributed by atoms with E-state index in [1.54, 1.807) is 25.1 Å². The Bertz CT molecular complexity index is 942. The molecule has 7 nitrogen and oxygen atoms in total. The zero-order chi connectivity index (χ0) is 17.3. The highest BCUT2D eigenvalue weighted by Crippen LogP contribution is 2.29. The van der Waals surface area contributed by atoms with Gasteiger partial charge in [-0.2, -0.15) is 0 Å². The van der Waals surface area contributed by atoms with Gasteiger partial charge in [-0.15, -0.1) is 10.2 Å². The minimum absolute atomic E-state index is 0.0241. The van der Waals surface area contributed by atoms with Crippen LogP contribution >= 0.6 is 11.6 Å². The highest BCUT2D eigenvalue weighted by molar-refractivity contribution is 6.50. The van der Waals surface area contributed by atoms with Crippen LogP contribution < -0.4 is 0 Å². The minimum atomic E-state index is -0.472. The Hall–Kier alpha value is -2.93. The van der Waals surface area contributed by atoms with E-state index in [0.717, 1.165) is 5.76 Å². The fourth-order valence-corrected chi connectivity index (χ4v) is 2.41. The Kier molecular flexibility index (Phi) is 4.18. The molecule has 0 spiro atoms. The van der Waals surface area contributed by atoms with E-state index in [2.05, 4.69) is 10.2 Å². The fraction of sp³-hybridized carbons (Fsp3) is 0.125. The molecular weight excluding hydrogens is 334 g/mol. The van der Waals surface area contributed by atoms with E-state index in [1.165, 1.54) is 18.2 Å². The second-order valence-electron chi connectivity index (χ2n) is 5.08. The molecule has 0 aliphatic heterocycles. The zero-order valence-corrected chi connectivity index (χ0v) is 13.6. The van der Waals surface area contributed by atoms with Gasteiger partial charge < -0.3 is 8.83 Å². The molecule has 0 radical (unpaired) electrons. The maximum absolute atomic E-state index is 10.8. The molecule has 0 aliphatic rings. The van der Waals surface area contributed by atoms with Gasteiger partial charge in [0.15, 0.2) is 0 Å². The summed E-state index contributed by atoms with van der Waals surface area (Å²) in [4.78, 5) is 10.3. The third-order valence-corrected chi connectivity index (χ3v) is 3.55. The van der Waals surface area contributed by atoms with E-state index < -0.39 is 4.92 Å².